The second-order valence-electron chi connectivity index (χ2n) is 3.50. The van der Waals surface area contributed by atoms with Crippen LogP contribution in [0.2, 0.25) is 0 Å². The quantitative estimate of drug-likeness (QED) is 0.609. The lowest BCUT2D eigenvalue weighted by Gasteiger charge is -2.13. The summed E-state index contributed by atoms with van der Waals surface area (Å²) in [4.78, 5) is 0. The van der Waals surface area contributed by atoms with Crippen LogP contribution >= 0.6 is 22.6 Å². The molecule has 0 amide bonds. The molecule has 0 bridgehead atoms. The molecule has 1 aromatic carbocycles. The Bertz CT molecular complexity index is 370. The van der Waals surface area contributed by atoms with Crippen molar-refractivity contribution in [3.05, 3.63) is 52.1 Å². The van der Waals surface area contributed by atoms with Gasteiger partial charge in [0.1, 0.15) is 5.75 Å². The number of rotatable bonds is 3. The van der Waals surface area contributed by atoms with E-state index in [1.54, 1.807) is 0 Å². The highest BCUT2D eigenvalue weighted by atomic mass is 127. The smallest absolute Gasteiger partial charge is 0.132 e. The van der Waals surface area contributed by atoms with Crippen LogP contribution < -0.4 is 4.74 Å². The van der Waals surface area contributed by atoms with Gasteiger partial charge in [0.15, 0.2) is 0 Å². The van der Waals surface area contributed by atoms with Crippen LogP contribution in [0.25, 0.3) is 0 Å². The van der Waals surface area contributed by atoms with Crippen LogP contribution in [0.5, 0.6) is 5.75 Å². The molecule has 0 saturated heterocycles. The number of hydrogen-bond acceptors (Lipinski definition) is 1. The highest BCUT2D eigenvalue weighted by molar-refractivity contribution is 14.1. The molecule has 0 radical (unpaired) electrons. The summed E-state index contributed by atoms with van der Waals surface area (Å²) in [5.74, 6) is 1.40. The summed E-state index contributed by atoms with van der Waals surface area (Å²) in [6.45, 7) is 0.729. The van der Waals surface area contributed by atoms with Crippen molar-refractivity contribution < 1.29 is 4.74 Å². The Labute approximate surface area is 104 Å². The van der Waals surface area contributed by atoms with Crippen molar-refractivity contribution >= 4 is 22.6 Å². The lowest BCUT2D eigenvalue weighted by molar-refractivity contribution is 0.294. The third-order valence-corrected chi connectivity index (χ3v) is 3.20. The van der Waals surface area contributed by atoms with Crippen molar-refractivity contribution in [3.8, 4) is 5.75 Å². The van der Waals surface area contributed by atoms with Gasteiger partial charge in [-0.15, -0.1) is 0 Å². The third-order valence-electron chi connectivity index (χ3n) is 2.31. The molecule has 1 aliphatic carbocycles. The van der Waals surface area contributed by atoms with E-state index in [1.807, 2.05) is 18.2 Å². The van der Waals surface area contributed by atoms with Gasteiger partial charge in [-0.25, -0.2) is 0 Å². The first-order valence-electron chi connectivity index (χ1n) is 5.07. The molecule has 0 saturated carbocycles. The Morgan fingerprint density at radius 3 is 2.67 bits per heavy atom. The summed E-state index contributed by atoms with van der Waals surface area (Å²) in [6.07, 6.45) is 9.83. The van der Waals surface area contributed by atoms with Crippen molar-refractivity contribution in [2.24, 2.45) is 5.92 Å². The minimum Gasteiger partial charge on any atom is -0.492 e. The highest BCUT2D eigenvalue weighted by Crippen LogP contribution is 2.21. The van der Waals surface area contributed by atoms with E-state index in [4.69, 9.17) is 4.74 Å². The van der Waals surface area contributed by atoms with Gasteiger partial charge in [-0.1, -0.05) is 36.4 Å². The van der Waals surface area contributed by atoms with E-state index < -0.39 is 0 Å². The zero-order chi connectivity index (χ0) is 10.5. The van der Waals surface area contributed by atoms with Crippen LogP contribution in [0.1, 0.15) is 6.42 Å². The van der Waals surface area contributed by atoms with E-state index in [-0.39, 0.29) is 0 Å². The third kappa shape index (κ3) is 3.09. The van der Waals surface area contributed by atoms with Gasteiger partial charge >= 0.3 is 0 Å². The van der Waals surface area contributed by atoms with Gasteiger partial charge in [-0.05, 0) is 41.1 Å². The average molecular weight is 312 g/mol. The highest BCUT2D eigenvalue weighted by Gasteiger charge is 2.05. The number of benzene rings is 1. The van der Waals surface area contributed by atoms with E-state index >= 15 is 0 Å². The van der Waals surface area contributed by atoms with E-state index in [0.29, 0.717) is 5.92 Å². The summed E-state index contributed by atoms with van der Waals surface area (Å²) in [5.41, 5.74) is 0. The van der Waals surface area contributed by atoms with Gasteiger partial charge in [0.2, 0.25) is 0 Å². The molecule has 15 heavy (non-hydrogen) atoms. The average Bonchev–Trinajstić information content (AvgIpc) is 2.29. The van der Waals surface area contributed by atoms with Crippen LogP contribution in [-0.4, -0.2) is 6.61 Å². The van der Waals surface area contributed by atoms with Crippen molar-refractivity contribution in [2.75, 3.05) is 6.61 Å². The molecule has 0 atom stereocenters. The molecule has 1 aromatic rings. The van der Waals surface area contributed by atoms with Crippen LogP contribution in [0, 0.1) is 9.49 Å². The van der Waals surface area contributed by atoms with Gasteiger partial charge in [0, 0.05) is 5.92 Å². The molecular formula is C13H13IO. The topological polar surface area (TPSA) is 9.23 Å². The Morgan fingerprint density at radius 2 is 1.93 bits per heavy atom. The van der Waals surface area contributed by atoms with Crippen LogP contribution in [-0.2, 0) is 0 Å². The standard InChI is InChI=1S/C13H13IO/c14-12-8-4-5-9-13(12)15-10-11-6-2-1-3-7-11/h2-9,11H,1,10H2. The summed E-state index contributed by atoms with van der Waals surface area (Å²) in [6, 6.07) is 8.10. The van der Waals surface area contributed by atoms with Crippen molar-refractivity contribution in [1.29, 1.82) is 0 Å². The van der Waals surface area contributed by atoms with Gasteiger partial charge in [-0.3, -0.25) is 0 Å². The molecule has 0 aliphatic heterocycles. The number of halogens is 1. The largest absolute Gasteiger partial charge is 0.492 e. The first-order valence-corrected chi connectivity index (χ1v) is 6.15. The Balaban J connectivity index is 1.93. The number of hydrogen-bond donors (Lipinski definition) is 0. The van der Waals surface area contributed by atoms with Gasteiger partial charge in [0.05, 0.1) is 10.2 Å². The zero-order valence-corrected chi connectivity index (χ0v) is 10.6. The summed E-state index contributed by atoms with van der Waals surface area (Å²) >= 11 is 2.29. The van der Waals surface area contributed by atoms with Crippen molar-refractivity contribution in [2.45, 2.75) is 6.42 Å². The second kappa shape index (κ2) is 5.35. The number of para-hydroxylation sites is 1. The Morgan fingerprint density at radius 1 is 1.20 bits per heavy atom. The molecule has 2 rings (SSSR count). The van der Waals surface area contributed by atoms with E-state index in [1.165, 1.54) is 3.57 Å². The molecule has 0 heterocycles. The molecule has 0 fully saturated rings. The van der Waals surface area contributed by atoms with E-state index in [9.17, 15) is 0 Å². The van der Waals surface area contributed by atoms with E-state index in [0.717, 1.165) is 18.8 Å². The fourth-order valence-corrected chi connectivity index (χ4v) is 2.05. The molecular weight excluding hydrogens is 299 g/mol. The minimum absolute atomic E-state index is 0.426. The normalized spacial score (nSPS) is 15.5. The maximum atomic E-state index is 5.77. The van der Waals surface area contributed by atoms with Gasteiger partial charge < -0.3 is 4.74 Å². The first-order chi connectivity index (χ1) is 7.36. The molecule has 1 aliphatic rings. The molecule has 0 unspecified atom stereocenters. The minimum atomic E-state index is 0.426. The van der Waals surface area contributed by atoms with Crippen LogP contribution in [0.15, 0.2) is 48.6 Å². The predicted octanol–water partition coefficient (Wildman–Crippen LogP) is 3.80. The lowest BCUT2D eigenvalue weighted by atomic mass is 10.0. The summed E-state index contributed by atoms with van der Waals surface area (Å²) in [5, 5.41) is 0. The second-order valence-corrected chi connectivity index (χ2v) is 4.66. The maximum absolute atomic E-state index is 5.77. The summed E-state index contributed by atoms with van der Waals surface area (Å²) < 4.78 is 6.93. The Kier molecular flexibility index (Phi) is 3.83. The Hall–Kier alpha value is -0.770. The molecule has 0 spiro atoms. The SMILES string of the molecule is Ic1ccccc1OCC1C=CCC=C1. The molecule has 1 nitrogen and oxygen atoms in total. The number of ether oxygens (including phenoxy) is 1. The van der Waals surface area contributed by atoms with Crippen LogP contribution in [0.3, 0.4) is 0 Å². The molecule has 2 heteroatoms. The monoisotopic (exact) mass is 312 g/mol. The van der Waals surface area contributed by atoms with Gasteiger partial charge in [0.25, 0.3) is 0 Å². The first kappa shape index (κ1) is 10.7. The fraction of sp³-hybridized carbons (Fsp3) is 0.231. The molecule has 0 N–H and O–H groups in total. The van der Waals surface area contributed by atoms with E-state index in [2.05, 4.69) is 53.0 Å². The summed E-state index contributed by atoms with van der Waals surface area (Å²) in [7, 11) is 0. The molecule has 0 aromatic heterocycles. The molecule has 78 valence electrons. The van der Waals surface area contributed by atoms with Crippen molar-refractivity contribution in [3.63, 3.8) is 0 Å². The predicted molar refractivity (Wildman–Crippen MR) is 71.0 cm³/mol. The van der Waals surface area contributed by atoms with Crippen molar-refractivity contribution in [1.82, 2.24) is 0 Å². The fourth-order valence-electron chi connectivity index (χ4n) is 1.51. The number of allylic oxidation sites excluding steroid dienone is 2. The van der Waals surface area contributed by atoms with Gasteiger partial charge in [-0.2, -0.15) is 0 Å². The zero-order valence-electron chi connectivity index (χ0n) is 8.40. The lowest BCUT2D eigenvalue weighted by Crippen LogP contribution is -2.09. The maximum Gasteiger partial charge on any atom is 0.132 e. The van der Waals surface area contributed by atoms with Crippen LogP contribution in [0.4, 0.5) is 0 Å².